The van der Waals surface area contributed by atoms with Crippen molar-refractivity contribution in [3.63, 3.8) is 0 Å². The van der Waals surface area contributed by atoms with Gasteiger partial charge in [0.15, 0.2) is 0 Å². The number of nitrogen functional groups attached to an aromatic ring is 1. The molecule has 2 aromatic rings. The van der Waals surface area contributed by atoms with Gasteiger partial charge in [0.25, 0.3) is 0 Å². The van der Waals surface area contributed by atoms with Crippen LogP contribution in [0.2, 0.25) is 0 Å². The zero-order valence-electron chi connectivity index (χ0n) is 11.5. The first kappa shape index (κ1) is 13.4. The average molecular weight is 257 g/mol. The molecule has 0 fully saturated rings. The molecular weight excluding hydrogens is 238 g/mol. The molecule has 3 N–H and O–H groups in total. The predicted molar refractivity (Wildman–Crippen MR) is 77.0 cm³/mol. The Morgan fingerprint density at radius 3 is 2.74 bits per heavy atom. The number of benzene rings is 1. The summed E-state index contributed by atoms with van der Waals surface area (Å²) in [6.45, 7) is 6.65. The molecule has 19 heavy (non-hydrogen) atoms. The molecule has 4 nitrogen and oxygen atoms in total. The summed E-state index contributed by atoms with van der Waals surface area (Å²) >= 11 is 0. The number of rotatable bonds is 4. The predicted octanol–water partition coefficient (Wildman–Crippen LogP) is 2.87. The lowest BCUT2D eigenvalue weighted by atomic mass is 10.1. The van der Waals surface area contributed by atoms with Crippen LogP contribution in [0.15, 0.2) is 30.5 Å². The Hall–Kier alpha value is -2.07. The fraction of sp³-hybridized carbons (Fsp3) is 0.267. The third-order valence-corrected chi connectivity index (χ3v) is 3.12. The summed E-state index contributed by atoms with van der Waals surface area (Å²) in [4.78, 5) is 4.26. The number of aromatic nitrogens is 1. The molecule has 2 rings (SSSR count). The molecule has 0 aliphatic heterocycles. The molecule has 0 saturated carbocycles. The highest BCUT2D eigenvalue weighted by atomic mass is 16.5. The molecule has 1 heterocycles. The van der Waals surface area contributed by atoms with Crippen LogP contribution in [0, 0.1) is 20.8 Å². The van der Waals surface area contributed by atoms with Crippen molar-refractivity contribution in [3.8, 4) is 5.75 Å². The number of nitrogens with zero attached hydrogens (tertiary/aromatic N) is 1. The number of nitrogens with two attached hydrogens (primary N) is 1. The number of pyridine rings is 1. The highest BCUT2D eigenvalue weighted by Crippen LogP contribution is 2.24. The zero-order valence-corrected chi connectivity index (χ0v) is 11.5. The number of hydrogen-bond acceptors (Lipinski definition) is 4. The van der Waals surface area contributed by atoms with E-state index in [9.17, 15) is 0 Å². The van der Waals surface area contributed by atoms with Crippen molar-refractivity contribution in [2.45, 2.75) is 27.4 Å². The Balaban J connectivity index is 2.14. The highest BCUT2D eigenvalue weighted by molar-refractivity contribution is 5.43. The first-order valence-corrected chi connectivity index (χ1v) is 6.22. The minimum Gasteiger partial charge on any atom is -0.487 e. The molecule has 1 aromatic heterocycles. The van der Waals surface area contributed by atoms with Crippen LogP contribution < -0.4 is 16.0 Å². The standard InChI is InChI=1S/C15H19N3O/c1-10-6-11(2)12(3)15(7-10)19-9-14-8-13(18-16)4-5-17-14/h4-8H,9,16H2,1-3H3,(H,17,18). The molecule has 0 amide bonds. The molecule has 0 atom stereocenters. The van der Waals surface area contributed by atoms with Gasteiger partial charge in [0.2, 0.25) is 0 Å². The van der Waals surface area contributed by atoms with Crippen molar-refractivity contribution in [3.05, 3.63) is 52.8 Å². The lowest BCUT2D eigenvalue weighted by Crippen LogP contribution is -2.08. The van der Waals surface area contributed by atoms with Gasteiger partial charge in [-0.05, 0) is 55.7 Å². The Bertz CT molecular complexity index is 582. The molecule has 0 spiro atoms. The van der Waals surface area contributed by atoms with Gasteiger partial charge in [-0.25, -0.2) is 0 Å². The quantitative estimate of drug-likeness (QED) is 0.653. The molecule has 100 valence electrons. The minimum atomic E-state index is 0.430. The van der Waals surface area contributed by atoms with Gasteiger partial charge < -0.3 is 10.2 Å². The van der Waals surface area contributed by atoms with Crippen LogP contribution in [0.5, 0.6) is 5.75 Å². The Morgan fingerprint density at radius 2 is 2.00 bits per heavy atom. The van der Waals surface area contributed by atoms with Crippen molar-refractivity contribution in [2.75, 3.05) is 5.43 Å². The molecule has 1 aromatic carbocycles. The lowest BCUT2D eigenvalue weighted by Gasteiger charge is -2.12. The molecule has 0 unspecified atom stereocenters. The summed E-state index contributed by atoms with van der Waals surface area (Å²) < 4.78 is 5.85. The van der Waals surface area contributed by atoms with Gasteiger partial charge in [0, 0.05) is 6.20 Å². The molecule has 0 radical (unpaired) electrons. The number of nitrogens with one attached hydrogen (secondary N) is 1. The summed E-state index contributed by atoms with van der Waals surface area (Å²) in [6, 6.07) is 7.89. The van der Waals surface area contributed by atoms with Gasteiger partial charge >= 0.3 is 0 Å². The molecule has 0 aliphatic carbocycles. The van der Waals surface area contributed by atoms with Crippen molar-refractivity contribution in [2.24, 2.45) is 5.84 Å². The van der Waals surface area contributed by atoms with Gasteiger partial charge in [0.05, 0.1) is 11.4 Å². The third kappa shape index (κ3) is 3.23. The topological polar surface area (TPSA) is 60.2 Å². The maximum atomic E-state index is 5.85. The third-order valence-electron chi connectivity index (χ3n) is 3.12. The second-order valence-electron chi connectivity index (χ2n) is 4.67. The Morgan fingerprint density at radius 1 is 1.21 bits per heavy atom. The fourth-order valence-corrected chi connectivity index (χ4v) is 1.95. The first-order chi connectivity index (χ1) is 9.10. The monoisotopic (exact) mass is 257 g/mol. The lowest BCUT2D eigenvalue weighted by molar-refractivity contribution is 0.299. The first-order valence-electron chi connectivity index (χ1n) is 6.22. The smallest absolute Gasteiger partial charge is 0.130 e. The summed E-state index contributed by atoms with van der Waals surface area (Å²) in [5, 5.41) is 0. The van der Waals surface area contributed by atoms with E-state index in [2.05, 4.69) is 37.2 Å². The summed E-state index contributed by atoms with van der Waals surface area (Å²) in [7, 11) is 0. The molecule has 0 saturated heterocycles. The van der Waals surface area contributed by atoms with Gasteiger partial charge in [-0.1, -0.05) is 6.07 Å². The van der Waals surface area contributed by atoms with E-state index >= 15 is 0 Å². The second kappa shape index (κ2) is 5.71. The van der Waals surface area contributed by atoms with Gasteiger partial charge in [-0.3, -0.25) is 10.8 Å². The van der Waals surface area contributed by atoms with E-state index in [0.29, 0.717) is 6.61 Å². The Labute approximate surface area is 113 Å². The maximum Gasteiger partial charge on any atom is 0.130 e. The molecular formula is C15H19N3O. The van der Waals surface area contributed by atoms with Crippen LogP contribution in [-0.4, -0.2) is 4.98 Å². The molecule has 0 aliphatic rings. The van der Waals surface area contributed by atoms with Crippen molar-refractivity contribution in [1.29, 1.82) is 0 Å². The number of hydrogen-bond donors (Lipinski definition) is 2. The Kier molecular flexibility index (Phi) is 4.02. The highest BCUT2D eigenvalue weighted by Gasteiger charge is 2.05. The van der Waals surface area contributed by atoms with E-state index in [1.807, 2.05) is 18.2 Å². The van der Waals surface area contributed by atoms with Gasteiger partial charge in [0.1, 0.15) is 12.4 Å². The van der Waals surface area contributed by atoms with Gasteiger partial charge in [-0.15, -0.1) is 0 Å². The number of ether oxygens (including phenoxy) is 1. The number of aryl methyl sites for hydroxylation is 2. The van der Waals surface area contributed by atoms with Crippen molar-refractivity contribution < 1.29 is 4.74 Å². The minimum absolute atomic E-state index is 0.430. The second-order valence-corrected chi connectivity index (χ2v) is 4.67. The van der Waals surface area contributed by atoms with Crippen LogP contribution in [0.3, 0.4) is 0 Å². The van der Waals surface area contributed by atoms with E-state index < -0.39 is 0 Å². The van der Waals surface area contributed by atoms with Gasteiger partial charge in [-0.2, -0.15) is 0 Å². The van der Waals surface area contributed by atoms with Crippen LogP contribution in [0.1, 0.15) is 22.4 Å². The van der Waals surface area contributed by atoms with Crippen molar-refractivity contribution in [1.82, 2.24) is 4.98 Å². The van der Waals surface area contributed by atoms with Crippen LogP contribution in [-0.2, 0) is 6.61 Å². The zero-order chi connectivity index (χ0) is 13.8. The number of hydrazine groups is 1. The van der Waals surface area contributed by atoms with Crippen molar-refractivity contribution >= 4 is 5.69 Å². The van der Waals surface area contributed by atoms with Crippen LogP contribution >= 0.6 is 0 Å². The summed E-state index contributed by atoms with van der Waals surface area (Å²) in [5.41, 5.74) is 7.87. The maximum absolute atomic E-state index is 5.85. The average Bonchev–Trinajstić information content (AvgIpc) is 2.41. The molecule has 0 bridgehead atoms. The number of anilines is 1. The van der Waals surface area contributed by atoms with E-state index in [0.717, 1.165) is 17.1 Å². The van der Waals surface area contributed by atoms with E-state index in [4.69, 9.17) is 10.6 Å². The van der Waals surface area contributed by atoms with E-state index in [1.54, 1.807) is 6.20 Å². The normalized spacial score (nSPS) is 10.3. The molecule has 4 heteroatoms. The summed E-state index contributed by atoms with van der Waals surface area (Å²) in [6.07, 6.45) is 1.71. The summed E-state index contributed by atoms with van der Waals surface area (Å²) in [5.74, 6) is 6.28. The fourth-order valence-electron chi connectivity index (χ4n) is 1.95. The van der Waals surface area contributed by atoms with Crippen LogP contribution in [0.25, 0.3) is 0 Å². The largest absolute Gasteiger partial charge is 0.487 e. The van der Waals surface area contributed by atoms with E-state index in [1.165, 1.54) is 16.7 Å². The van der Waals surface area contributed by atoms with E-state index in [-0.39, 0.29) is 0 Å². The SMILES string of the molecule is Cc1cc(C)c(C)c(OCc2cc(NN)ccn2)c1. The van der Waals surface area contributed by atoms with Crippen LogP contribution in [0.4, 0.5) is 5.69 Å².